The first kappa shape index (κ1) is 20.3. The molecule has 0 saturated heterocycles. The second-order valence-corrected chi connectivity index (χ2v) is 9.34. The summed E-state index contributed by atoms with van der Waals surface area (Å²) in [6.45, 7) is 1.99. The molecule has 25 heavy (non-hydrogen) atoms. The van der Waals surface area contributed by atoms with Gasteiger partial charge in [-0.1, -0.05) is 6.92 Å². The van der Waals surface area contributed by atoms with E-state index in [-0.39, 0.29) is 11.0 Å². The normalized spacial score (nSPS) is 10.2. The summed E-state index contributed by atoms with van der Waals surface area (Å²) in [6.07, 6.45) is 0.787. The first-order chi connectivity index (χ1) is 11.8. The van der Waals surface area contributed by atoms with Gasteiger partial charge in [-0.05, 0) is 62.6 Å². The molecule has 6 nitrogen and oxygen atoms in total. The van der Waals surface area contributed by atoms with Crippen LogP contribution in [0.3, 0.4) is 0 Å². The van der Waals surface area contributed by atoms with Gasteiger partial charge in [-0.25, -0.2) is 4.79 Å². The number of esters is 1. The summed E-state index contributed by atoms with van der Waals surface area (Å²) in [5.41, 5.74) is 5.54. The topological polar surface area (TPSA) is 79.5 Å². The van der Waals surface area contributed by atoms with E-state index in [2.05, 4.69) is 48.0 Å². The van der Waals surface area contributed by atoms with E-state index in [1.807, 2.05) is 6.92 Å². The number of methoxy groups -OCH3 is 1. The lowest BCUT2D eigenvalue weighted by atomic mass is 10.2. The van der Waals surface area contributed by atoms with Crippen molar-refractivity contribution in [3.8, 4) is 0 Å². The van der Waals surface area contributed by atoms with Crippen molar-refractivity contribution >= 4 is 88.7 Å². The van der Waals surface area contributed by atoms with E-state index >= 15 is 0 Å². The molecular formula is C14H13Br2N3O3S3. The van der Waals surface area contributed by atoms with Gasteiger partial charge in [0.25, 0.3) is 5.91 Å². The van der Waals surface area contributed by atoms with Crippen molar-refractivity contribution in [2.45, 2.75) is 13.3 Å². The lowest BCUT2D eigenvalue weighted by molar-refractivity contribution is 0.0602. The molecular weight excluding hydrogens is 514 g/mol. The lowest BCUT2D eigenvalue weighted by Gasteiger charge is -2.10. The van der Waals surface area contributed by atoms with Gasteiger partial charge >= 0.3 is 5.97 Å². The molecule has 0 fully saturated rings. The minimum absolute atomic E-state index is 0.165. The number of hydrogen-bond acceptors (Lipinski definition) is 6. The molecule has 0 radical (unpaired) electrons. The molecule has 2 rings (SSSR count). The fourth-order valence-corrected chi connectivity index (χ4v) is 4.88. The Hall–Kier alpha value is -1.01. The molecule has 2 heterocycles. The van der Waals surface area contributed by atoms with Gasteiger partial charge < -0.3 is 10.1 Å². The van der Waals surface area contributed by atoms with Gasteiger partial charge in [-0.2, -0.15) is 0 Å². The number of ether oxygens (including phenoxy) is 1. The number of nitrogens with one attached hydrogen (secondary N) is 3. The second kappa shape index (κ2) is 9.08. The van der Waals surface area contributed by atoms with E-state index in [9.17, 15) is 9.59 Å². The van der Waals surface area contributed by atoms with E-state index < -0.39 is 5.97 Å². The van der Waals surface area contributed by atoms with Crippen LogP contribution in [-0.2, 0) is 11.2 Å². The molecule has 2 aromatic heterocycles. The lowest BCUT2D eigenvalue weighted by Crippen LogP contribution is -2.43. The molecule has 0 aromatic carbocycles. The first-order valence-corrected chi connectivity index (χ1v) is 10.5. The highest BCUT2D eigenvalue weighted by Crippen LogP contribution is 2.32. The number of carbonyl (C=O) groups excluding carboxylic acids is 2. The standard InChI is InChI=1S/C14H13Br2N3O3S3/c1-3-6-4-7(13(21)22-2)12(24-6)17-14(23)19-18-11(20)9-5-8(15)10(16)25-9/h4-5H,3H2,1-2H3,(H,18,20)(H2,17,19,23). The van der Waals surface area contributed by atoms with Crippen LogP contribution < -0.4 is 16.2 Å². The Morgan fingerprint density at radius 2 is 1.96 bits per heavy atom. The summed E-state index contributed by atoms with van der Waals surface area (Å²) >= 11 is 14.5. The zero-order valence-corrected chi connectivity index (χ0v) is 18.7. The Labute approximate surface area is 174 Å². The van der Waals surface area contributed by atoms with Crippen LogP contribution >= 0.6 is 66.8 Å². The number of anilines is 1. The molecule has 0 aliphatic heterocycles. The Morgan fingerprint density at radius 1 is 1.24 bits per heavy atom. The third-order valence-corrected chi connectivity index (χ3v) is 7.58. The molecule has 134 valence electrons. The Morgan fingerprint density at radius 3 is 2.52 bits per heavy atom. The van der Waals surface area contributed by atoms with Gasteiger partial charge in [0, 0.05) is 9.35 Å². The van der Waals surface area contributed by atoms with E-state index in [0.717, 1.165) is 19.6 Å². The van der Waals surface area contributed by atoms with Crippen molar-refractivity contribution in [3.63, 3.8) is 0 Å². The van der Waals surface area contributed by atoms with Crippen molar-refractivity contribution in [2.75, 3.05) is 12.4 Å². The molecule has 0 saturated carbocycles. The van der Waals surface area contributed by atoms with Gasteiger partial charge in [-0.15, -0.1) is 22.7 Å². The number of amides is 1. The molecule has 2 aromatic rings. The van der Waals surface area contributed by atoms with Crippen molar-refractivity contribution in [3.05, 3.63) is 35.7 Å². The van der Waals surface area contributed by atoms with Crippen LogP contribution in [0.5, 0.6) is 0 Å². The number of rotatable bonds is 4. The van der Waals surface area contributed by atoms with Gasteiger partial charge in [0.1, 0.15) is 5.00 Å². The van der Waals surface area contributed by atoms with Crippen LogP contribution in [0.25, 0.3) is 0 Å². The molecule has 0 atom stereocenters. The number of thiophene rings is 2. The zero-order chi connectivity index (χ0) is 18.6. The number of hydrogen-bond donors (Lipinski definition) is 3. The SMILES string of the molecule is CCc1cc(C(=O)OC)c(NC(=S)NNC(=O)c2cc(Br)c(Br)s2)s1. The first-order valence-electron chi connectivity index (χ1n) is 6.88. The summed E-state index contributed by atoms with van der Waals surface area (Å²) in [5.74, 6) is -0.771. The van der Waals surface area contributed by atoms with E-state index in [1.165, 1.54) is 29.8 Å². The third-order valence-electron chi connectivity index (χ3n) is 2.92. The monoisotopic (exact) mass is 525 g/mol. The van der Waals surface area contributed by atoms with Crippen LogP contribution in [0.15, 0.2) is 20.4 Å². The van der Waals surface area contributed by atoms with Crippen LogP contribution in [-0.4, -0.2) is 24.1 Å². The highest BCUT2D eigenvalue weighted by atomic mass is 79.9. The average Bonchev–Trinajstić information content (AvgIpc) is 3.15. The maximum absolute atomic E-state index is 12.1. The second-order valence-electron chi connectivity index (χ2n) is 4.57. The Kier molecular flexibility index (Phi) is 7.37. The smallest absolute Gasteiger partial charge is 0.340 e. The maximum Gasteiger partial charge on any atom is 0.340 e. The number of thiocarbonyl (C=S) groups is 1. The number of hydrazine groups is 1. The van der Waals surface area contributed by atoms with Crippen LogP contribution in [0, 0.1) is 0 Å². The fourth-order valence-electron chi connectivity index (χ4n) is 1.74. The maximum atomic E-state index is 12.1. The molecule has 0 spiro atoms. The average molecular weight is 527 g/mol. The van der Waals surface area contributed by atoms with Crippen LogP contribution in [0.1, 0.15) is 31.8 Å². The summed E-state index contributed by atoms with van der Waals surface area (Å²) in [4.78, 5) is 25.4. The molecule has 0 bridgehead atoms. The number of halogens is 2. The van der Waals surface area contributed by atoms with Gasteiger partial charge in [0.15, 0.2) is 5.11 Å². The third kappa shape index (κ3) is 5.23. The highest BCUT2D eigenvalue weighted by molar-refractivity contribution is 9.13. The number of carbonyl (C=O) groups is 2. The van der Waals surface area contributed by atoms with Gasteiger partial charge in [0.05, 0.1) is 21.3 Å². The molecule has 11 heteroatoms. The van der Waals surface area contributed by atoms with Crippen molar-refractivity contribution in [1.29, 1.82) is 0 Å². The number of aryl methyl sites for hydroxylation is 1. The fraction of sp³-hybridized carbons (Fsp3) is 0.214. The molecule has 0 aliphatic carbocycles. The summed E-state index contributed by atoms with van der Waals surface area (Å²) in [6, 6.07) is 3.46. The van der Waals surface area contributed by atoms with Crippen LogP contribution in [0.4, 0.5) is 5.00 Å². The zero-order valence-electron chi connectivity index (χ0n) is 13.1. The predicted octanol–water partition coefficient (Wildman–Crippen LogP) is 4.32. The molecule has 1 amide bonds. The molecule has 0 unspecified atom stereocenters. The van der Waals surface area contributed by atoms with Crippen molar-refractivity contribution < 1.29 is 14.3 Å². The Bertz CT molecular complexity index is 800. The van der Waals surface area contributed by atoms with E-state index in [4.69, 9.17) is 17.0 Å². The van der Waals surface area contributed by atoms with E-state index in [0.29, 0.717) is 15.4 Å². The predicted molar refractivity (Wildman–Crippen MR) is 112 cm³/mol. The van der Waals surface area contributed by atoms with Gasteiger partial charge in [0.2, 0.25) is 0 Å². The minimum Gasteiger partial charge on any atom is -0.465 e. The Balaban J connectivity index is 1.99. The molecule has 0 aliphatic rings. The largest absolute Gasteiger partial charge is 0.465 e. The highest BCUT2D eigenvalue weighted by Gasteiger charge is 2.17. The van der Waals surface area contributed by atoms with Gasteiger partial charge in [-0.3, -0.25) is 15.6 Å². The summed E-state index contributed by atoms with van der Waals surface area (Å²) < 4.78 is 6.40. The van der Waals surface area contributed by atoms with E-state index in [1.54, 1.807) is 12.1 Å². The van der Waals surface area contributed by atoms with Crippen molar-refractivity contribution in [1.82, 2.24) is 10.9 Å². The summed E-state index contributed by atoms with van der Waals surface area (Å²) in [7, 11) is 1.32. The van der Waals surface area contributed by atoms with Crippen LogP contribution in [0.2, 0.25) is 0 Å². The quantitative estimate of drug-likeness (QED) is 0.313. The minimum atomic E-state index is -0.446. The molecule has 3 N–H and O–H groups in total. The summed E-state index contributed by atoms with van der Waals surface area (Å²) in [5, 5.41) is 3.64. The van der Waals surface area contributed by atoms with Crippen molar-refractivity contribution in [2.24, 2.45) is 0 Å².